The van der Waals surface area contributed by atoms with Gasteiger partial charge in [0, 0.05) is 17.8 Å². The van der Waals surface area contributed by atoms with Gasteiger partial charge in [-0.15, -0.1) is 5.10 Å². The van der Waals surface area contributed by atoms with Gasteiger partial charge in [-0.05, 0) is 30.3 Å². The van der Waals surface area contributed by atoms with Gasteiger partial charge in [-0.3, -0.25) is 4.79 Å². The number of carbonyl (C=O) groups is 1. The van der Waals surface area contributed by atoms with Crippen molar-refractivity contribution in [1.82, 2.24) is 15.0 Å². The Morgan fingerprint density at radius 1 is 1.21 bits per heavy atom. The summed E-state index contributed by atoms with van der Waals surface area (Å²) in [6, 6.07) is 16.4. The first-order valence-electron chi connectivity index (χ1n) is 7.25. The zero-order chi connectivity index (χ0) is 16.9. The van der Waals surface area contributed by atoms with E-state index >= 15 is 0 Å². The van der Waals surface area contributed by atoms with E-state index in [0.717, 1.165) is 5.69 Å². The number of hydrogen-bond donors (Lipinski definition) is 1. The number of amides is 1. The Balaban J connectivity index is 1.93. The van der Waals surface area contributed by atoms with E-state index in [1.165, 1.54) is 0 Å². The Bertz CT molecular complexity index is 849. The van der Waals surface area contributed by atoms with Crippen LogP contribution in [0, 0.1) is 0 Å². The van der Waals surface area contributed by atoms with E-state index in [1.54, 1.807) is 36.1 Å². The van der Waals surface area contributed by atoms with Crippen LogP contribution in [0.25, 0.3) is 5.69 Å². The number of methoxy groups -OCH3 is 1. The Kier molecular flexibility index (Phi) is 4.88. The SMILES string of the molecule is COCc1c(C(=O)Nc2cccc(Cl)c2)nnn1-c1ccccc1. The first-order valence-corrected chi connectivity index (χ1v) is 7.62. The summed E-state index contributed by atoms with van der Waals surface area (Å²) in [5.74, 6) is -0.369. The maximum atomic E-state index is 12.5. The molecule has 0 atom stereocenters. The van der Waals surface area contributed by atoms with E-state index < -0.39 is 0 Å². The molecule has 0 bridgehead atoms. The summed E-state index contributed by atoms with van der Waals surface area (Å²) in [6.45, 7) is 0.209. The van der Waals surface area contributed by atoms with Crippen molar-refractivity contribution in [2.75, 3.05) is 12.4 Å². The fourth-order valence-electron chi connectivity index (χ4n) is 2.28. The normalized spacial score (nSPS) is 10.6. The number of ether oxygens (including phenoxy) is 1. The van der Waals surface area contributed by atoms with Crippen LogP contribution in [0.1, 0.15) is 16.2 Å². The van der Waals surface area contributed by atoms with Crippen LogP contribution in [0.2, 0.25) is 5.02 Å². The lowest BCUT2D eigenvalue weighted by atomic mass is 10.2. The van der Waals surface area contributed by atoms with Gasteiger partial charge in [0.15, 0.2) is 5.69 Å². The molecule has 1 heterocycles. The first-order chi connectivity index (χ1) is 11.7. The molecule has 0 radical (unpaired) electrons. The third kappa shape index (κ3) is 3.45. The third-order valence-electron chi connectivity index (χ3n) is 3.34. The zero-order valence-electron chi connectivity index (χ0n) is 12.9. The Morgan fingerprint density at radius 3 is 2.71 bits per heavy atom. The van der Waals surface area contributed by atoms with E-state index in [2.05, 4.69) is 15.6 Å². The predicted octanol–water partition coefficient (Wildman–Crippen LogP) is 3.32. The quantitative estimate of drug-likeness (QED) is 0.772. The standard InChI is InChI=1S/C17H15ClN4O2/c1-24-11-15-16(17(23)19-13-7-5-6-12(18)10-13)20-21-22(15)14-8-3-2-4-9-14/h2-10H,11H2,1H3,(H,19,23). The molecule has 0 saturated carbocycles. The molecule has 0 fully saturated rings. The van der Waals surface area contributed by atoms with E-state index in [9.17, 15) is 4.79 Å². The van der Waals surface area contributed by atoms with Crippen molar-refractivity contribution in [1.29, 1.82) is 0 Å². The number of nitrogens with one attached hydrogen (secondary N) is 1. The number of halogens is 1. The van der Waals surface area contributed by atoms with Crippen molar-refractivity contribution < 1.29 is 9.53 Å². The number of hydrogen-bond acceptors (Lipinski definition) is 4. The summed E-state index contributed by atoms with van der Waals surface area (Å²) in [4.78, 5) is 12.5. The largest absolute Gasteiger partial charge is 0.378 e. The molecular weight excluding hydrogens is 328 g/mol. The molecule has 1 amide bonds. The minimum Gasteiger partial charge on any atom is -0.378 e. The van der Waals surface area contributed by atoms with Gasteiger partial charge < -0.3 is 10.1 Å². The number of nitrogens with zero attached hydrogens (tertiary/aromatic N) is 3. The number of benzene rings is 2. The molecular formula is C17H15ClN4O2. The van der Waals surface area contributed by atoms with E-state index in [4.69, 9.17) is 16.3 Å². The minimum absolute atomic E-state index is 0.209. The molecule has 0 aliphatic rings. The molecule has 0 unspecified atom stereocenters. The van der Waals surface area contributed by atoms with E-state index in [1.807, 2.05) is 30.3 Å². The fourth-order valence-corrected chi connectivity index (χ4v) is 2.47. The molecule has 2 aromatic carbocycles. The van der Waals surface area contributed by atoms with Crippen molar-refractivity contribution >= 4 is 23.2 Å². The molecule has 7 heteroatoms. The highest BCUT2D eigenvalue weighted by Gasteiger charge is 2.20. The summed E-state index contributed by atoms with van der Waals surface area (Å²) >= 11 is 5.94. The van der Waals surface area contributed by atoms with Crippen molar-refractivity contribution in [2.45, 2.75) is 6.61 Å². The molecule has 1 aromatic heterocycles. The third-order valence-corrected chi connectivity index (χ3v) is 3.58. The number of aromatic nitrogens is 3. The highest BCUT2D eigenvalue weighted by atomic mass is 35.5. The van der Waals surface area contributed by atoms with Crippen molar-refractivity contribution in [3.63, 3.8) is 0 Å². The summed E-state index contributed by atoms with van der Waals surface area (Å²) in [7, 11) is 1.56. The van der Waals surface area contributed by atoms with Crippen molar-refractivity contribution in [3.05, 3.63) is 71.0 Å². The van der Waals surface area contributed by atoms with Gasteiger partial charge in [0.25, 0.3) is 5.91 Å². The van der Waals surface area contributed by atoms with E-state index in [0.29, 0.717) is 16.4 Å². The second-order valence-electron chi connectivity index (χ2n) is 5.03. The van der Waals surface area contributed by atoms with Gasteiger partial charge in [0.2, 0.25) is 0 Å². The second-order valence-corrected chi connectivity index (χ2v) is 5.47. The molecule has 24 heavy (non-hydrogen) atoms. The number of rotatable bonds is 5. The number of para-hydroxylation sites is 1. The van der Waals surface area contributed by atoms with Crippen LogP contribution >= 0.6 is 11.6 Å². The second kappa shape index (κ2) is 7.25. The van der Waals surface area contributed by atoms with Crippen LogP contribution in [0.4, 0.5) is 5.69 Å². The summed E-state index contributed by atoms with van der Waals surface area (Å²) in [5, 5.41) is 11.4. The monoisotopic (exact) mass is 342 g/mol. The maximum absolute atomic E-state index is 12.5. The molecule has 3 aromatic rings. The van der Waals surface area contributed by atoms with Crippen LogP contribution in [0.3, 0.4) is 0 Å². The molecule has 122 valence electrons. The van der Waals surface area contributed by atoms with Crippen LogP contribution in [-0.2, 0) is 11.3 Å². The van der Waals surface area contributed by atoms with Crippen LogP contribution in [-0.4, -0.2) is 28.0 Å². The zero-order valence-corrected chi connectivity index (χ0v) is 13.7. The topological polar surface area (TPSA) is 69.0 Å². The molecule has 6 nitrogen and oxygen atoms in total. The average Bonchev–Trinajstić information content (AvgIpc) is 3.00. The van der Waals surface area contributed by atoms with E-state index in [-0.39, 0.29) is 18.2 Å². The van der Waals surface area contributed by atoms with Crippen molar-refractivity contribution in [3.8, 4) is 5.69 Å². The highest BCUT2D eigenvalue weighted by Crippen LogP contribution is 2.18. The van der Waals surface area contributed by atoms with Crippen molar-refractivity contribution in [2.24, 2.45) is 0 Å². The molecule has 0 aliphatic carbocycles. The average molecular weight is 343 g/mol. The summed E-state index contributed by atoms with van der Waals surface area (Å²) in [6.07, 6.45) is 0. The molecule has 0 saturated heterocycles. The van der Waals surface area contributed by atoms with Gasteiger partial charge in [-0.1, -0.05) is 41.1 Å². The fraction of sp³-hybridized carbons (Fsp3) is 0.118. The lowest BCUT2D eigenvalue weighted by Gasteiger charge is -2.08. The Hall–Kier alpha value is -2.70. The molecule has 1 N–H and O–H groups in total. The van der Waals surface area contributed by atoms with Gasteiger partial charge in [0.05, 0.1) is 12.3 Å². The maximum Gasteiger partial charge on any atom is 0.278 e. The van der Waals surface area contributed by atoms with Crippen LogP contribution in [0.15, 0.2) is 54.6 Å². The first kappa shape index (κ1) is 16.2. The highest BCUT2D eigenvalue weighted by molar-refractivity contribution is 6.30. The van der Waals surface area contributed by atoms with Gasteiger partial charge in [-0.25, -0.2) is 4.68 Å². The molecule has 0 spiro atoms. The predicted molar refractivity (Wildman–Crippen MR) is 91.5 cm³/mol. The molecule has 3 rings (SSSR count). The van der Waals surface area contributed by atoms with Gasteiger partial charge >= 0.3 is 0 Å². The summed E-state index contributed by atoms with van der Waals surface area (Å²) < 4.78 is 6.80. The van der Waals surface area contributed by atoms with Crippen LogP contribution < -0.4 is 5.32 Å². The Labute approximate surface area is 144 Å². The van der Waals surface area contributed by atoms with Crippen LogP contribution in [0.5, 0.6) is 0 Å². The lowest BCUT2D eigenvalue weighted by Crippen LogP contribution is -2.16. The minimum atomic E-state index is -0.369. The Morgan fingerprint density at radius 2 is 2.00 bits per heavy atom. The number of anilines is 1. The van der Waals surface area contributed by atoms with Gasteiger partial charge in [0.1, 0.15) is 5.69 Å². The smallest absolute Gasteiger partial charge is 0.278 e. The summed E-state index contributed by atoms with van der Waals surface area (Å²) in [5.41, 5.74) is 2.17. The lowest BCUT2D eigenvalue weighted by molar-refractivity contribution is 0.101. The number of carbonyl (C=O) groups excluding carboxylic acids is 1. The van der Waals surface area contributed by atoms with Gasteiger partial charge in [-0.2, -0.15) is 0 Å². The molecule has 0 aliphatic heterocycles.